The molecule has 122 valence electrons. The van der Waals surface area contributed by atoms with Crippen molar-refractivity contribution in [3.63, 3.8) is 0 Å². The van der Waals surface area contributed by atoms with Crippen LogP contribution in [0.2, 0.25) is 0 Å². The fraction of sp³-hybridized carbons (Fsp3) is 0.200. The summed E-state index contributed by atoms with van der Waals surface area (Å²) in [6, 6.07) is 18.0. The first kappa shape index (κ1) is 16.9. The average molecular weight is 354 g/mol. The minimum atomic E-state index is -0.0461. The number of carbonyl (C=O) groups excluding carboxylic acids is 1. The highest BCUT2D eigenvalue weighted by molar-refractivity contribution is 8.27. The molecular formula is C20H19NOS2. The summed E-state index contributed by atoms with van der Waals surface area (Å²) in [5, 5.41) is 0. The molecule has 1 aliphatic rings. The van der Waals surface area contributed by atoms with E-state index < -0.39 is 0 Å². The molecule has 0 aliphatic carbocycles. The van der Waals surface area contributed by atoms with Gasteiger partial charge in [-0.15, -0.1) is 0 Å². The molecule has 0 saturated carbocycles. The highest BCUT2D eigenvalue weighted by atomic mass is 32.2. The Bertz CT molecular complexity index is 766. The predicted molar refractivity (Wildman–Crippen MR) is 107 cm³/mol. The number of thioether (sulfide) groups is 1. The smallest absolute Gasteiger partial charge is 0.268 e. The number of hydrogen-bond donors (Lipinski definition) is 0. The van der Waals surface area contributed by atoms with Crippen LogP contribution in [0.4, 0.5) is 5.69 Å². The Morgan fingerprint density at radius 2 is 1.79 bits per heavy atom. The van der Waals surface area contributed by atoms with E-state index in [1.54, 1.807) is 4.90 Å². The molecule has 1 saturated heterocycles. The third-order valence-corrected chi connectivity index (χ3v) is 5.21. The van der Waals surface area contributed by atoms with E-state index in [0.29, 0.717) is 9.23 Å². The molecule has 0 unspecified atom stereocenters. The van der Waals surface area contributed by atoms with E-state index >= 15 is 0 Å². The Kier molecular flexibility index (Phi) is 5.48. The van der Waals surface area contributed by atoms with Crippen LogP contribution in [0.5, 0.6) is 0 Å². The zero-order valence-electron chi connectivity index (χ0n) is 13.6. The molecule has 0 aromatic heterocycles. The summed E-state index contributed by atoms with van der Waals surface area (Å²) in [6.45, 7) is 2.19. The lowest BCUT2D eigenvalue weighted by Gasteiger charge is -2.15. The van der Waals surface area contributed by atoms with Crippen LogP contribution < -0.4 is 4.90 Å². The topological polar surface area (TPSA) is 20.3 Å². The van der Waals surface area contributed by atoms with Gasteiger partial charge in [0.2, 0.25) is 0 Å². The monoisotopic (exact) mass is 353 g/mol. The Morgan fingerprint density at radius 3 is 2.46 bits per heavy atom. The SMILES string of the molecule is CCCCc1ccc(N2C(=O)C(=Cc3ccccc3)SC2=S)cc1. The minimum absolute atomic E-state index is 0.0461. The molecule has 2 aromatic carbocycles. The standard InChI is InChI=1S/C20H19NOS2/c1-2-3-7-15-10-12-17(13-11-15)21-19(22)18(24-20(21)23)14-16-8-5-4-6-9-16/h4-6,8-14H,2-3,7H2,1H3. The molecule has 1 fully saturated rings. The van der Waals surface area contributed by atoms with E-state index in [1.165, 1.54) is 30.2 Å². The summed E-state index contributed by atoms with van der Waals surface area (Å²) in [4.78, 5) is 15.0. The molecule has 0 N–H and O–H groups in total. The van der Waals surface area contributed by atoms with Crippen molar-refractivity contribution in [1.82, 2.24) is 0 Å². The molecule has 0 atom stereocenters. The normalized spacial score (nSPS) is 16.2. The van der Waals surface area contributed by atoms with Crippen molar-refractivity contribution in [1.29, 1.82) is 0 Å². The molecular weight excluding hydrogens is 334 g/mol. The van der Waals surface area contributed by atoms with Gasteiger partial charge >= 0.3 is 0 Å². The molecule has 3 rings (SSSR count). The fourth-order valence-electron chi connectivity index (χ4n) is 2.58. The van der Waals surface area contributed by atoms with E-state index in [-0.39, 0.29) is 5.91 Å². The predicted octanol–water partition coefficient (Wildman–Crippen LogP) is 5.44. The molecule has 0 radical (unpaired) electrons. The molecule has 1 amide bonds. The lowest BCUT2D eigenvalue weighted by molar-refractivity contribution is -0.113. The second-order valence-corrected chi connectivity index (χ2v) is 7.37. The van der Waals surface area contributed by atoms with Crippen LogP contribution in [-0.4, -0.2) is 10.2 Å². The van der Waals surface area contributed by atoms with Crippen molar-refractivity contribution in [2.75, 3.05) is 4.90 Å². The summed E-state index contributed by atoms with van der Waals surface area (Å²) >= 11 is 6.78. The largest absolute Gasteiger partial charge is 0.270 e. The Hall–Kier alpha value is -1.91. The van der Waals surface area contributed by atoms with Crippen molar-refractivity contribution < 1.29 is 4.79 Å². The molecule has 0 spiro atoms. The van der Waals surface area contributed by atoms with Gasteiger partial charge in [-0.05, 0) is 42.2 Å². The number of benzene rings is 2. The maximum absolute atomic E-state index is 12.7. The number of thiocarbonyl (C=S) groups is 1. The van der Waals surface area contributed by atoms with Crippen molar-refractivity contribution in [3.8, 4) is 0 Å². The number of unbranched alkanes of at least 4 members (excludes halogenated alkanes) is 1. The van der Waals surface area contributed by atoms with Crippen LogP contribution in [0.3, 0.4) is 0 Å². The van der Waals surface area contributed by atoms with Crippen molar-refractivity contribution in [3.05, 3.63) is 70.6 Å². The van der Waals surface area contributed by atoms with E-state index in [9.17, 15) is 4.79 Å². The summed E-state index contributed by atoms with van der Waals surface area (Å²) in [5.74, 6) is -0.0461. The van der Waals surface area contributed by atoms with Crippen molar-refractivity contribution in [2.45, 2.75) is 26.2 Å². The summed E-state index contributed by atoms with van der Waals surface area (Å²) < 4.78 is 0.587. The van der Waals surface area contributed by atoms with Gasteiger partial charge in [0, 0.05) is 0 Å². The van der Waals surface area contributed by atoms with Crippen molar-refractivity contribution >= 4 is 46.0 Å². The Morgan fingerprint density at radius 1 is 1.08 bits per heavy atom. The number of carbonyl (C=O) groups is 1. The number of hydrogen-bond acceptors (Lipinski definition) is 3. The third-order valence-electron chi connectivity index (χ3n) is 3.90. The van der Waals surface area contributed by atoms with Gasteiger partial charge in [0.25, 0.3) is 5.91 Å². The molecule has 1 aliphatic heterocycles. The van der Waals surface area contributed by atoms with Gasteiger partial charge in [0.05, 0.1) is 10.6 Å². The van der Waals surface area contributed by atoms with Gasteiger partial charge in [0.1, 0.15) is 0 Å². The van der Waals surface area contributed by atoms with E-state index in [2.05, 4.69) is 19.1 Å². The molecule has 4 heteroatoms. The molecule has 1 heterocycles. The van der Waals surface area contributed by atoms with Crippen LogP contribution in [0.15, 0.2) is 59.5 Å². The van der Waals surface area contributed by atoms with Gasteiger partial charge < -0.3 is 0 Å². The van der Waals surface area contributed by atoms with Gasteiger partial charge in [0.15, 0.2) is 4.32 Å². The third kappa shape index (κ3) is 3.77. The van der Waals surface area contributed by atoms with Gasteiger partial charge in [-0.1, -0.05) is 79.8 Å². The quantitative estimate of drug-likeness (QED) is 0.528. The number of aryl methyl sites for hydroxylation is 1. The second-order valence-electron chi connectivity index (χ2n) is 5.70. The lowest BCUT2D eigenvalue weighted by atomic mass is 10.1. The first-order chi connectivity index (χ1) is 11.7. The first-order valence-corrected chi connectivity index (χ1v) is 9.33. The van der Waals surface area contributed by atoms with E-state index in [0.717, 1.165) is 17.7 Å². The first-order valence-electron chi connectivity index (χ1n) is 8.11. The number of amides is 1. The lowest BCUT2D eigenvalue weighted by Crippen LogP contribution is -2.27. The van der Waals surface area contributed by atoms with Gasteiger partial charge in [-0.25, -0.2) is 0 Å². The molecule has 0 bridgehead atoms. The Balaban J connectivity index is 1.80. The Labute approximate surface area is 152 Å². The van der Waals surface area contributed by atoms with Gasteiger partial charge in [-0.3, -0.25) is 9.69 Å². The summed E-state index contributed by atoms with van der Waals surface area (Å²) in [7, 11) is 0. The minimum Gasteiger partial charge on any atom is -0.268 e. The van der Waals surface area contributed by atoms with E-state index in [1.807, 2.05) is 48.5 Å². The van der Waals surface area contributed by atoms with E-state index in [4.69, 9.17) is 12.2 Å². The van der Waals surface area contributed by atoms with Crippen LogP contribution in [0, 0.1) is 0 Å². The van der Waals surface area contributed by atoms with Crippen LogP contribution >= 0.6 is 24.0 Å². The number of anilines is 1. The second kappa shape index (κ2) is 7.77. The maximum Gasteiger partial charge on any atom is 0.270 e. The van der Waals surface area contributed by atoms with Gasteiger partial charge in [-0.2, -0.15) is 0 Å². The van der Waals surface area contributed by atoms with Crippen LogP contribution in [0.1, 0.15) is 30.9 Å². The summed E-state index contributed by atoms with van der Waals surface area (Å²) in [6.07, 6.45) is 5.33. The zero-order valence-corrected chi connectivity index (χ0v) is 15.2. The summed E-state index contributed by atoms with van der Waals surface area (Å²) in [5.41, 5.74) is 3.15. The average Bonchev–Trinajstić information content (AvgIpc) is 2.88. The number of rotatable bonds is 5. The molecule has 2 nitrogen and oxygen atoms in total. The highest BCUT2D eigenvalue weighted by Crippen LogP contribution is 2.36. The fourth-order valence-corrected chi connectivity index (χ4v) is 3.88. The maximum atomic E-state index is 12.7. The van der Waals surface area contributed by atoms with Crippen LogP contribution in [0.25, 0.3) is 6.08 Å². The van der Waals surface area contributed by atoms with Crippen molar-refractivity contribution in [2.24, 2.45) is 0 Å². The molecule has 24 heavy (non-hydrogen) atoms. The molecule has 2 aromatic rings. The van der Waals surface area contributed by atoms with Crippen LogP contribution in [-0.2, 0) is 11.2 Å². The number of nitrogens with zero attached hydrogens (tertiary/aromatic N) is 1. The highest BCUT2D eigenvalue weighted by Gasteiger charge is 2.33. The zero-order chi connectivity index (χ0) is 16.9.